The minimum Gasteiger partial charge on any atom is -0.490 e. The van der Waals surface area contributed by atoms with Gasteiger partial charge in [-0.2, -0.15) is 5.26 Å². The molecular weight excluding hydrogens is 352 g/mol. The second kappa shape index (κ2) is 7.97. The van der Waals surface area contributed by atoms with Gasteiger partial charge < -0.3 is 15.2 Å². The van der Waals surface area contributed by atoms with E-state index in [2.05, 4.69) is 23.2 Å². The number of hydrogen-bond acceptors (Lipinski definition) is 5. The van der Waals surface area contributed by atoms with Crippen LogP contribution in [0, 0.1) is 11.3 Å². The van der Waals surface area contributed by atoms with E-state index in [0.717, 1.165) is 54.7 Å². The van der Waals surface area contributed by atoms with Crippen molar-refractivity contribution in [3.63, 3.8) is 0 Å². The van der Waals surface area contributed by atoms with Crippen LogP contribution in [0.4, 0.5) is 0 Å². The fourth-order valence-corrected chi connectivity index (χ4v) is 4.12. The van der Waals surface area contributed by atoms with E-state index in [-0.39, 0.29) is 11.8 Å². The Morgan fingerprint density at radius 1 is 1.29 bits per heavy atom. The summed E-state index contributed by atoms with van der Waals surface area (Å²) in [5.74, 6) is 1.19. The van der Waals surface area contributed by atoms with Gasteiger partial charge in [-0.1, -0.05) is 25.5 Å². The number of aryl methyl sites for hydroxylation is 1. The van der Waals surface area contributed by atoms with Gasteiger partial charge in [-0.25, -0.2) is 0 Å². The number of ether oxygens (including phenoxy) is 2. The molecule has 1 aromatic carbocycles. The van der Waals surface area contributed by atoms with Crippen LogP contribution >= 0.6 is 0 Å². The first-order valence-electron chi connectivity index (χ1n) is 10.1. The highest BCUT2D eigenvalue weighted by Crippen LogP contribution is 2.43. The first kappa shape index (κ1) is 18.4. The van der Waals surface area contributed by atoms with Crippen molar-refractivity contribution in [3.8, 4) is 17.7 Å². The highest BCUT2D eigenvalue weighted by atomic mass is 16.5. The van der Waals surface area contributed by atoms with Gasteiger partial charge in [-0.15, -0.1) is 5.10 Å². The predicted molar refractivity (Wildman–Crippen MR) is 106 cm³/mol. The molecule has 0 saturated heterocycles. The largest absolute Gasteiger partial charge is 0.490 e. The van der Waals surface area contributed by atoms with Gasteiger partial charge in [-0.3, -0.25) is 5.10 Å². The molecule has 3 N–H and O–H groups in total. The van der Waals surface area contributed by atoms with Gasteiger partial charge >= 0.3 is 0 Å². The molecule has 1 aliphatic carbocycles. The number of rotatable bonds is 6. The molecule has 2 aromatic rings. The van der Waals surface area contributed by atoms with Crippen molar-refractivity contribution in [2.24, 2.45) is 5.73 Å². The third kappa shape index (κ3) is 3.45. The molecule has 4 rings (SSSR count). The number of hydrogen-bond donors (Lipinski definition) is 2. The van der Waals surface area contributed by atoms with Crippen LogP contribution < -0.4 is 15.2 Å². The zero-order valence-electron chi connectivity index (χ0n) is 16.2. The molecule has 0 bridgehead atoms. The van der Waals surface area contributed by atoms with Crippen molar-refractivity contribution in [3.05, 3.63) is 52.5 Å². The minimum atomic E-state index is -0.278. The summed E-state index contributed by atoms with van der Waals surface area (Å²) in [5.41, 5.74) is 9.38. The lowest BCUT2D eigenvalue weighted by atomic mass is 9.83. The van der Waals surface area contributed by atoms with Crippen molar-refractivity contribution in [1.29, 1.82) is 5.26 Å². The average molecular weight is 378 g/mol. The molecule has 0 amide bonds. The summed E-state index contributed by atoms with van der Waals surface area (Å²) < 4.78 is 11.7. The summed E-state index contributed by atoms with van der Waals surface area (Å²) in [4.78, 5) is 0. The maximum atomic E-state index is 9.74. The van der Waals surface area contributed by atoms with Gasteiger partial charge in [0.1, 0.15) is 17.4 Å². The van der Waals surface area contributed by atoms with Crippen molar-refractivity contribution in [2.75, 3.05) is 0 Å². The number of benzene rings is 1. The van der Waals surface area contributed by atoms with E-state index < -0.39 is 0 Å². The molecule has 1 aliphatic heterocycles. The van der Waals surface area contributed by atoms with E-state index in [0.29, 0.717) is 17.6 Å². The molecule has 6 heteroatoms. The number of nitriles is 1. The summed E-state index contributed by atoms with van der Waals surface area (Å²) in [6.07, 6.45) is 8.03. The molecule has 1 aromatic heterocycles. The number of H-pyrrole nitrogens is 1. The quantitative estimate of drug-likeness (QED) is 0.781. The molecule has 0 radical (unpaired) electrons. The summed E-state index contributed by atoms with van der Waals surface area (Å²) in [6, 6.07) is 10.3. The number of nitrogens with zero attached hydrogens (tertiary/aromatic N) is 2. The topological polar surface area (TPSA) is 97.0 Å². The van der Waals surface area contributed by atoms with Gasteiger partial charge in [-0.05, 0) is 56.2 Å². The Morgan fingerprint density at radius 3 is 2.71 bits per heavy atom. The first-order chi connectivity index (χ1) is 13.7. The first-order valence-corrected chi connectivity index (χ1v) is 10.1. The monoisotopic (exact) mass is 378 g/mol. The van der Waals surface area contributed by atoms with Crippen LogP contribution in [0.5, 0.6) is 11.6 Å². The van der Waals surface area contributed by atoms with Crippen LogP contribution in [0.15, 0.2) is 35.7 Å². The molecule has 2 aliphatic rings. The lowest BCUT2D eigenvalue weighted by molar-refractivity contribution is 0.210. The Hall–Kier alpha value is -2.94. The third-order valence-corrected chi connectivity index (χ3v) is 5.62. The molecule has 2 heterocycles. The number of fused-ring (bicyclic) bond motifs is 1. The maximum absolute atomic E-state index is 9.74. The molecule has 0 unspecified atom stereocenters. The third-order valence-electron chi connectivity index (χ3n) is 5.62. The van der Waals surface area contributed by atoms with Crippen LogP contribution in [-0.4, -0.2) is 16.3 Å². The highest BCUT2D eigenvalue weighted by molar-refractivity contribution is 5.55. The van der Waals surface area contributed by atoms with E-state index in [1.54, 1.807) is 0 Å². The Kier molecular flexibility index (Phi) is 5.25. The van der Waals surface area contributed by atoms with Gasteiger partial charge in [0, 0.05) is 11.3 Å². The Balaban J connectivity index is 1.67. The molecule has 1 fully saturated rings. The van der Waals surface area contributed by atoms with Crippen LogP contribution in [0.25, 0.3) is 0 Å². The van der Waals surface area contributed by atoms with Crippen LogP contribution in [0.1, 0.15) is 68.2 Å². The number of nitrogens with two attached hydrogens (primary N) is 1. The number of aromatic amines is 1. The summed E-state index contributed by atoms with van der Waals surface area (Å²) >= 11 is 0. The normalized spacial score (nSPS) is 19.2. The lowest BCUT2D eigenvalue weighted by Crippen LogP contribution is -2.21. The number of nitrogens with one attached hydrogen (secondary N) is 1. The molecule has 0 spiro atoms. The van der Waals surface area contributed by atoms with Crippen LogP contribution in [0.3, 0.4) is 0 Å². The number of unbranched alkanes of at least 4 members (excludes halogenated alkanes) is 1. The summed E-state index contributed by atoms with van der Waals surface area (Å²) in [6.45, 7) is 2.15. The van der Waals surface area contributed by atoms with Crippen LogP contribution in [-0.2, 0) is 6.42 Å². The summed E-state index contributed by atoms with van der Waals surface area (Å²) in [5, 5.41) is 17.1. The zero-order chi connectivity index (χ0) is 19.5. The minimum absolute atomic E-state index is 0.125. The Morgan fingerprint density at radius 2 is 2.04 bits per heavy atom. The second-order valence-electron chi connectivity index (χ2n) is 7.54. The van der Waals surface area contributed by atoms with E-state index in [4.69, 9.17) is 15.2 Å². The zero-order valence-corrected chi connectivity index (χ0v) is 16.2. The van der Waals surface area contributed by atoms with Gasteiger partial charge in [0.05, 0.1) is 12.0 Å². The van der Waals surface area contributed by atoms with Crippen LogP contribution in [0.2, 0.25) is 0 Å². The standard InChI is InChI=1S/C22H26N4O2/c1-2-3-8-18-20-19(17(13-23)21(24)28-22(20)26-25-18)14-9-11-16(12-10-14)27-15-6-4-5-7-15/h9-12,15,19H,2-8,24H2,1H3,(H,25,26)/t19-/m0/s1. The van der Waals surface area contributed by atoms with E-state index in [1.165, 1.54) is 12.8 Å². The molecule has 1 atom stereocenters. The molecule has 1 saturated carbocycles. The molecular formula is C22H26N4O2. The van der Waals surface area contributed by atoms with Gasteiger partial charge in [0.15, 0.2) is 0 Å². The lowest BCUT2D eigenvalue weighted by Gasteiger charge is -2.24. The van der Waals surface area contributed by atoms with Crippen molar-refractivity contribution < 1.29 is 9.47 Å². The fourth-order valence-electron chi connectivity index (χ4n) is 4.12. The predicted octanol–water partition coefficient (Wildman–Crippen LogP) is 4.29. The molecule has 6 nitrogen and oxygen atoms in total. The van der Waals surface area contributed by atoms with Crippen molar-refractivity contribution in [1.82, 2.24) is 10.2 Å². The SMILES string of the molecule is CCCCc1[nH]nc2c1[C@@H](c1ccc(OC3CCCC3)cc1)C(C#N)=C(N)O2. The summed E-state index contributed by atoms with van der Waals surface area (Å²) in [7, 11) is 0. The average Bonchev–Trinajstić information content (AvgIpc) is 3.36. The molecule has 146 valence electrons. The van der Waals surface area contributed by atoms with E-state index in [9.17, 15) is 5.26 Å². The van der Waals surface area contributed by atoms with Gasteiger partial charge in [0.25, 0.3) is 0 Å². The number of aromatic nitrogens is 2. The van der Waals surface area contributed by atoms with Gasteiger partial charge in [0.2, 0.25) is 11.8 Å². The smallest absolute Gasteiger partial charge is 0.244 e. The van der Waals surface area contributed by atoms with E-state index >= 15 is 0 Å². The maximum Gasteiger partial charge on any atom is 0.244 e. The highest BCUT2D eigenvalue weighted by Gasteiger charge is 2.35. The van der Waals surface area contributed by atoms with E-state index in [1.807, 2.05) is 24.3 Å². The Labute approximate surface area is 165 Å². The number of allylic oxidation sites excluding steroid dienone is 1. The Bertz CT molecular complexity index is 902. The fraction of sp³-hybridized carbons (Fsp3) is 0.455. The second-order valence-corrected chi connectivity index (χ2v) is 7.54. The molecule has 28 heavy (non-hydrogen) atoms. The van der Waals surface area contributed by atoms with Crippen molar-refractivity contribution in [2.45, 2.75) is 63.9 Å². The van der Waals surface area contributed by atoms with Crippen molar-refractivity contribution >= 4 is 0 Å².